The molecule has 2 aromatic carbocycles. The number of hydrogen-bond donors (Lipinski definition) is 2. The van der Waals surface area contributed by atoms with Crippen LogP contribution in [0.4, 0.5) is 18.9 Å². The Kier molecular flexibility index (Phi) is 4.12. The fourth-order valence-electron chi connectivity index (χ4n) is 1.82. The van der Waals surface area contributed by atoms with Crippen molar-refractivity contribution in [1.82, 2.24) is 5.32 Å². The fourth-order valence-corrected chi connectivity index (χ4v) is 1.82. The van der Waals surface area contributed by atoms with E-state index in [0.717, 1.165) is 10.8 Å². The van der Waals surface area contributed by atoms with Crippen LogP contribution in [0.2, 0.25) is 0 Å². The van der Waals surface area contributed by atoms with Gasteiger partial charge in [0, 0.05) is 11.1 Å². The second-order valence-electron chi connectivity index (χ2n) is 4.27. The van der Waals surface area contributed by atoms with Gasteiger partial charge >= 0.3 is 6.18 Å². The third-order valence-electron chi connectivity index (χ3n) is 2.72. The van der Waals surface area contributed by atoms with Gasteiger partial charge in [0.25, 0.3) is 0 Å². The predicted molar refractivity (Wildman–Crippen MR) is 71.5 cm³/mol. The fraction of sp³-hybridized carbons (Fsp3) is 0.214. The first kappa shape index (κ1) is 14.2. The molecule has 0 spiro atoms. The molecule has 0 bridgehead atoms. The largest absolute Gasteiger partial charge is 0.405 e. The number of nitrogens with one attached hydrogen (secondary N) is 2. The summed E-state index contributed by atoms with van der Waals surface area (Å²) in [6, 6.07) is 13.1. The molecule has 0 heterocycles. The van der Waals surface area contributed by atoms with Crippen LogP contribution in [0.1, 0.15) is 0 Å². The van der Waals surface area contributed by atoms with Gasteiger partial charge in [0.2, 0.25) is 5.91 Å². The normalized spacial score (nSPS) is 11.3. The maximum atomic E-state index is 12.0. The number of carbonyl (C=O) groups excluding carboxylic acids is 1. The highest BCUT2D eigenvalue weighted by molar-refractivity contribution is 5.95. The molecule has 106 valence electrons. The molecule has 0 fully saturated rings. The lowest BCUT2D eigenvalue weighted by molar-refractivity contribution is -0.137. The Bertz CT molecular complexity index is 605. The van der Waals surface area contributed by atoms with Crippen LogP contribution in [-0.2, 0) is 4.79 Å². The first-order valence-electron chi connectivity index (χ1n) is 6.01. The van der Waals surface area contributed by atoms with Crippen molar-refractivity contribution in [2.45, 2.75) is 6.18 Å². The van der Waals surface area contributed by atoms with E-state index >= 15 is 0 Å². The SMILES string of the molecule is O=C(CNc1cccc2ccccc12)NCC(F)(F)F. The summed E-state index contributed by atoms with van der Waals surface area (Å²) in [6.45, 7) is -1.52. The maximum Gasteiger partial charge on any atom is 0.405 e. The smallest absolute Gasteiger partial charge is 0.376 e. The third kappa shape index (κ3) is 3.88. The number of rotatable bonds is 4. The number of halogens is 3. The number of hydrogen-bond acceptors (Lipinski definition) is 2. The minimum absolute atomic E-state index is 0.204. The van der Waals surface area contributed by atoms with E-state index in [-0.39, 0.29) is 6.54 Å². The molecule has 6 heteroatoms. The Balaban J connectivity index is 1.98. The predicted octanol–water partition coefficient (Wildman–Crippen LogP) is 2.93. The first-order valence-corrected chi connectivity index (χ1v) is 6.01. The van der Waals surface area contributed by atoms with E-state index in [1.54, 1.807) is 6.07 Å². The summed E-state index contributed by atoms with van der Waals surface area (Å²) in [5.41, 5.74) is 0.713. The molecule has 2 rings (SSSR count). The average molecular weight is 282 g/mol. The number of benzene rings is 2. The molecule has 0 aliphatic carbocycles. The molecule has 2 N–H and O–H groups in total. The number of fused-ring (bicyclic) bond motifs is 1. The van der Waals surface area contributed by atoms with E-state index < -0.39 is 18.6 Å². The second kappa shape index (κ2) is 5.81. The molecule has 0 aliphatic rings. The van der Waals surface area contributed by atoms with Crippen LogP contribution in [0.5, 0.6) is 0 Å². The lowest BCUT2D eigenvalue weighted by Crippen LogP contribution is -2.37. The Morgan fingerprint density at radius 2 is 1.75 bits per heavy atom. The number of amides is 1. The van der Waals surface area contributed by atoms with Crippen molar-refractivity contribution in [3.63, 3.8) is 0 Å². The molecular formula is C14H13F3N2O. The molecule has 1 amide bonds. The topological polar surface area (TPSA) is 41.1 Å². The average Bonchev–Trinajstić information content (AvgIpc) is 2.42. The molecule has 0 aromatic heterocycles. The van der Waals surface area contributed by atoms with E-state index in [1.807, 2.05) is 41.7 Å². The molecule has 0 saturated carbocycles. The molecule has 3 nitrogen and oxygen atoms in total. The van der Waals surface area contributed by atoms with Crippen LogP contribution in [0.25, 0.3) is 10.8 Å². The Labute approximate surface area is 113 Å². The van der Waals surface area contributed by atoms with E-state index in [1.165, 1.54) is 0 Å². The first-order chi connectivity index (χ1) is 9.46. The van der Waals surface area contributed by atoms with Crippen molar-refractivity contribution >= 4 is 22.4 Å². The van der Waals surface area contributed by atoms with Gasteiger partial charge < -0.3 is 10.6 Å². The van der Waals surface area contributed by atoms with Crippen LogP contribution in [0, 0.1) is 0 Å². The van der Waals surface area contributed by atoms with Crippen molar-refractivity contribution < 1.29 is 18.0 Å². The highest BCUT2D eigenvalue weighted by Gasteiger charge is 2.27. The van der Waals surface area contributed by atoms with Gasteiger partial charge in [-0.05, 0) is 11.5 Å². The summed E-state index contributed by atoms with van der Waals surface area (Å²) < 4.78 is 35.9. The van der Waals surface area contributed by atoms with Gasteiger partial charge in [-0.25, -0.2) is 0 Å². The minimum Gasteiger partial charge on any atom is -0.376 e. The monoisotopic (exact) mass is 282 g/mol. The molecule has 0 unspecified atom stereocenters. The second-order valence-corrected chi connectivity index (χ2v) is 4.27. The Hall–Kier alpha value is -2.24. The van der Waals surface area contributed by atoms with Gasteiger partial charge in [-0.2, -0.15) is 13.2 Å². The lowest BCUT2D eigenvalue weighted by atomic mass is 10.1. The maximum absolute atomic E-state index is 12.0. The molecule has 0 saturated heterocycles. The van der Waals surface area contributed by atoms with Crippen LogP contribution in [0.15, 0.2) is 42.5 Å². The van der Waals surface area contributed by atoms with E-state index in [0.29, 0.717) is 5.69 Å². The van der Waals surface area contributed by atoms with Gasteiger partial charge in [-0.3, -0.25) is 4.79 Å². The Morgan fingerprint density at radius 1 is 1.05 bits per heavy atom. The van der Waals surface area contributed by atoms with E-state index in [4.69, 9.17) is 0 Å². The van der Waals surface area contributed by atoms with Crippen LogP contribution in [0.3, 0.4) is 0 Å². The van der Waals surface area contributed by atoms with Gasteiger partial charge in [0.1, 0.15) is 6.54 Å². The van der Waals surface area contributed by atoms with Crippen molar-refractivity contribution in [2.24, 2.45) is 0 Å². The lowest BCUT2D eigenvalue weighted by Gasteiger charge is -2.11. The quantitative estimate of drug-likeness (QED) is 0.905. The molecule has 0 radical (unpaired) electrons. The summed E-state index contributed by atoms with van der Waals surface area (Å²) >= 11 is 0. The van der Waals surface area contributed by atoms with Crippen molar-refractivity contribution in [3.05, 3.63) is 42.5 Å². The molecule has 20 heavy (non-hydrogen) atoms. The number of carbonyl (C=O) groups is 1. The van der Waals surface area contributed by atoms with Gasteiger partial charge in [-0.15, -0.1) is 0 Å². The molecule has 0 aliphatic heterocycles. The van der Waals surface area contributed by atoms with Crippen LogP contribution in [-0.4, -0.2) is 25.2 Å². The highest BCUT2D eigenvalue weighted by atomic mass is 19.4. The summed E-state index contributed by atoms with van der Waals surface area (Å²) in [7, 11) is 0. The zero-order valence-corrected chi connectivity index (χ0v) is 10.5. The summed E-state index contributed by atoms with van der Waals surface area (Å²) in [5, 5.41) is 6.57. The van der Waals surface area contributed by atoms with Gasteiger partial charge in [0.05, 0.1) is 6.54 Å². The van der Waals surface area contributed by atoms with Gasteiger partial charge in [-0.1, -0.05) is 36.4 Å². The minimum atomic E-state index is -4.39. The molecule has 2 aromatic rings. The van der Waals surface area contributed by atoms with Crippen LogP contribution >= 0.6 is 0 Å². The third-order valence-corrected chi connectivity index (χ3v) is 2.72. The highest BCUT2D eigenvalue weighted by Crippen LogP contribution is 2.22. The van der Waals surface area contributed by atoms with Crippen LogP contribution < -0.4 is 10.6 Å². The summed E-state index contributed by atoms with van der Waals surface area (Å²) in [6.07, 6.45) is -4.39. The van der Waals surface area contributed by atoms with Gasteiger partial charge in [0.15, 0.2) is 0 Å². The van der Waals surface area contributed by atoms with E-state index in [2.05, 4.69) is 5.32 Å². The van der Waals surface area contributed by atoms with Crippen molar-refractivity contribution in [1.29, 1.82) is 0 Å². The van der Waals surface area contributed by atoms with Crippen molar-refractivity contribution in [2.75, 3.05) is 18.4 Å². The summed E-state index contributed by atoms with van der Waals surface area (Å²) in [4.78, 5) is 11.3. The number of alkyl halides is 3. The summed E-state index contributed by atoms with van der Waals surface area (Å²) in [5.74, 6) is -0.699. The zero-order chi connectivity index (χ0) is 14.6. The number of anilines is 1. The standard InChI is InChI=1S/C14H13F3N2O/c15-14(16,17)9-19-13(20)8-18-12-7-3-5-10-4-1-2-6-11(10)12/h1-7,18H,8-9H2,(H,19,20). The molecular weight excluding hydrogens is 269 g/mol. The zero-order valence-electron chi connectivity index (χ0n) is 10.5. The molecule has 0 atom stereocenters. The van der Waals surface area contributed by atoms with E-state index in [9.17, 15) is 18.0 Å². The van der Waals surface area contributed by atoms with Crippen molar-refractivity contribution in [3.8, 4) is 0 Å². The Morgan fingerprint density at radius 3 is 2.50 bits per heavy atom.